The Balaban J connectivity index is 1.56. The molecule has 0 unspecified atom stereocenters. The fourth-order valence-electron chi connectivity index (χ4n) is 2.63. The third-order valence-corrected chi connectivity index (χ3v) is 4.34. The summed E-state index contributed by atoms with van der Waals surface area (Å²) in [4.78, 5) is 23.0. The van der Waals surface area contributed by atoms with E-state index in [4.69, 9.17) is 0 Å². The molecule has 0 radical (unpaired) electrons. The first kappa shape index (κ1) is 14.2. The van der Waals surface area contributed by atoms with Gasteiger partial charge >= 0.3 is 0 Å². The van der Waals surface area contributed by atoms with Crippen molar-refractivity contribution in [2.24, 2.45) is 5.92 Å². The molecule has 0 aromatic carbocycles. The molecule has 1 atom stereocenters. The quantitative estimate of drug-likeness (QED) is 0.942. The van der Waals surface area contributed by atoms with Gasteiger partial charge in [-0.1, -0.05) is 6.07 Å². The topological polar surface area (TPSA) is 58.1 Å². The summed E-state index contributed by atoms with van der Waals surface area (Å²) in [5, 5.41) is 5.45. The summed E-state index contributed by atoms with van der Waals surface area (Å²) in [6.45, 7) is 2.62. The summed E-state index contributed by atoms with van der Waals surface area (Å²) in [6.07, 6.45) is 5.50. The van der Waals surface area contributed by atoms with E-state index in [1.54, 1.807) is 6.20 Å². The van der Waals surface area contributed by atoms with Crippen molar-refractivity contribution in [3.63, 3.8) is 0 Å². The van der Waals surface area contributed by atoms with Crippen molar-refractivity contribution in [2.45, 2.75) is 19.4 Å². The maximum absolute atomic E-state index is 12.3. The van der Waals surface area contributed by atoms with E-state index in [1.807, 2.05) is 29.8 Å². The van der Waals surface area contributed by atoms with Crippen molar-refractivity contribution in [1.82, 2.24) is 14.9 Å². The summed E-state index contributed by atoms with van der Waals surface area (Å²) in [7, 11) is 0. The molecule has 1 N–H and O–H groups in total. The van der Waals surface area contributed by atoms with Crippen LogP contribution in [0.15, 0.2) is 36.0 Å². The number of aromatic nitrogens is 2. The molecular formula is C15H18N4OS. The molecule has 0 saturated carbocycles. The summed E-state index contributed by atoms with van der Waals surface area (Å²) >= 11 is 1.45. The van der Waals surface area contributed by atoms with Crippen LogP contribution in [-0.4, -0.2) is 33.9 Å². The molecule has 21 heavy (non-hydrogen) atoms. The Labute approximate surface area is 128 Å². The second-order valence-electron chi connectivity index (χ2n) is 5.22. The Hall–Kier alpha value is -1.79. The van der Waals surface area contributed by atoms with Gasteiger partial charge in [0.1, 0.15) is 0 Å². The van der Waals surface area contributed by atoms with Crippen LogP contribution >= 0.6 is 11.3 Å². The number of carbonyl (C=O) groups excluding carboxylic acids is 1. The molecule has 110 valence electrons. The van der Waals surface area contributed by atoms with Crippen LogP contribution in [0.25, 0.3) is 0 Å². The number of amides is 1. The minimum absolute atomic E-state index is 0.0337. The van der Waals surface area contributed by atoms with Crippen molar-refractivity contribution in [3.8, 4) is 0 Å². The number of rotatable bonds is 4. The van der Waals surface area contributed by atoms with Crippen LogP contribution in [-0.2, 0) is 11.3 Å². The SMILES string of the molecule is O=C(Nc1nccs1)[C@@H]1CCCN(Cc2ccccn2)C1. The molecule has 3 rings (SSSR count). The number of nitrogens with zero attached hydrogens (tertiary/aromatic N) is 3. The smallest absolute Gasteiger partial charge is 0.230 e. The van der Waals surface area contributed by atoms with E-state index in [9.17, 15) is 4.79 Å². The third-order valence-electron chi connectivity index (χ3n) is 3.65. The molecule has 1 fully saturated rings. The van der Waals surface area contributed by atoms with Gasteiger partial charge in [0.15, 0.2) is 5.13 Å². The van der Waals surface area contributed by atoms with Crippen molar-refractivity contribution in [1.29, 1.82) is 0 Å². The fraction of sp³-hybridized carbons (Fsp3) is 0.400. The van der Waals surface area contributed by atoms with E-state index in [0.29, 0.717) is 5.13 Å². The summed E-state index contributed by atoms with van der Waals surface area (Å²) in [5.74, 6) is 0.113. The van der Waals surface area contributed by atoms with Crippen LogP contribution in [0.5, 0.6) is 0 Å². The van der Waals surface area contributed by atoms with Gasteiger partial charge in [-0.25, -0.2) is 4.98 Å². The van der Waals surface area contributed by atoms with E-state index in [1.165, 1.54) is 11.3 Å². The van der Waals surface area contributed by atoms with Crippen LogP contribution in [0.1, 0.15) is 18.5 Å². The highest BCUT2D eigenvalue weighted by atomic mass is 32.1. The van der Waals surface area contributed by atoms with Gasteiger partial charge in [0.05, 0.1) is 11.6 Å². The van der Waals surface area contributed by atoms with Gasteiger partial charge in [-0.2, -0.15) is 0 Å². The molecule has 1 saturated heterocycles. The largest absolute Gasteiger partial charge is 0.302 e. The molecular weight excluding hydrogens is 284 g/mol. The maximum atomic E-state index is 12.3. The first-order valence-electron chi connectivity index (χ1n) is 7.14. The van der Waals surface area contributed by atoms with Gasteiger partial charge < -0.3 is 5.32 Å². The molecule has 1 aliphatic heterocycles. The normalized spacial score (nSPS) is 19.3. The lowest BCUT2D eigenvalue weighted by Gasteiger charge is -2.31. The van der Waals surface area contributed by atoms with E-state index >= 15 is 0 Å². The highest BCUT2D eigenvalue weighted by molar-refractivity contribution is 7.13. The second-order valence-corrected chi connectivity index (χ2v) is 6.12. The Morgan fingerprint density at radius 2 is 2.33 bits per heavy atom. The van der Waals surface area contributed by atoms with Crippen molar-refractivity contribution in [2.75, 3.05) is 18.4 Å². The minimum atomic E-state index is 0.0337. The number of thiazole rings is 1. The second kappa shape index (κ2) is 6.78. The Morgan fingerprint density at radius 1 is 1.38 bits per heavy atom. The molecule has 5 nitrogen and oxygen atoms in total. The zero-order chi connectivity index (χ0) is 14.5. The average molecular weight is 302 g/mol. The lowest BCUT2D eigenvalue weighted by atomic mass is 9.97. The third kappa shape index (κ3) is 3.86. The van der Waals surface area contributed by atoms with E-state index in [2.05, 4.69) is 20.2 Å². The fourth-order valence-corrected chi connectivity index (χ4v) is 3.16. The van der Waals surface area contributed by atoms with Gasteiger partial charge in [0.2, 0.25) is 5.91 Å². The molecule has 1 aliphatic rings. The van der Waals surface area contributed by atoms with Crippen LogP contribution < -0.4 is 5.32 Å². The highest BCUT2D eigenvalue weighted by Crippen LogP contribution is 2.20. The van der Waals surface area contributed by atoms with Crippen LogP contribution in [0.3, 0.4) is 0 Å². The van der Waals surface area contributed by atoms with Crippen molar-refractivity contribution >= 4 is 22.4 Å². The molecule has 0 aliphatic carbocycles. The van der Waals surface area contributed by atoms with E-state index in [-0.39, 0.29) is 11.8 Å². The van der Waals surface area contributed by atoms with Crippen LogP contribution in [0.4, 0.5) is 5.13 Å². The number of nitrogens with one attached hydrogen (secondary N) is 1. The van der Waals surface area contributed by atoms with Crippen LogP contribution in [0.2, 0.25) is 0 Å². The monoisotopic (exact) mass is 302 g/mol. The lowest BCUT2D eigenvalue weighted by molar-refractivity contribution is -0.121. The number of carbonyl (C=O) groups is 1. The van der Waals surface area contributed by atoms with Crippen molar-refractivity contribution in [3.05, 3.63) is 41.7 Å². The number of likely N-dealkylation sites (tertiary alicyclic amines) is 1. The molecule has 0 bridgehead atoms. The minimum Gasteiger partial charge on any atom is -0.302 e. The average Bonchev–Trinajstić information content (AvgIpc) is 3.01. The predicted molar refractivity (Wildman–Crippen MR) is 83.0 cm³/mol. The molecule has 1 amide bonds. The zero-order valence-electron chi connectivity index (χ0n) is 11.7. The van der Waals surface area contributed by atoms with Gasteiger partial charge in [-0.15, -0.1) is 11.3 Å². The number of pyridine rings is 1. The Kier molecular flexibility index (Phi) is 4.57. The lowest BCUT2D eigenvalue weighted by Crippen LogP contribution is -2.40. The van der Waals surface area contributed by atoms with Gasteiger partial charge in [0.25, 0.3) is 0 Å². The molecule has 2 aromatic heterocycles. The number of hydrogen-bond acceptors (Lipinski definition) is 5. The molecule has 3 heterocycles. The van der Waals surface area contributed by atoms with Gasteiger partial charge in [0, 0.05) is 30.9 Å². The standard InChI is InChI=1S/C15H18N4OS/c20-14(18-15-17-7-9-21-15)12-4-3-8-19(10-12)11-13-5-1-2-6-16-13/h1-2,5-7,9,12H,3-4,8,10-11H2,(H,17,18,20)/t12-/m1/s1. The molecule has 0 spiro atoms. The first-order valence-corrected chi connectivity index (χ1v) is 8.02. The van der Waals surface area contributed by atoms with E-state index in [0.717, 1.165) is 38.2 Å². The highest BCUT2D eigenvalue weighted by Gasteiger charge is 2.26. The molecule has 2 aromatic rings. The number of hydrogen-bond donors (Lipinski definition) is 1. The van der Waals surface area contributed by atoms with Gasteiger partial charge in [-0.3, -0.25) is 14.7 Å². The first-order chi connectivity index (χ1) is 10.3. The summed E-state index contributed by atoms with van der Waals surface area (Å²) < 4.78 is 0. The van der Waals surface area contributed by atoms with E-state index < -0.39 is 0 Å². The van der Waals surface area contributed by atoms with Crippen LogP contribution in [0, 0.1) is 5.92 Å². The maximum Gasteiger partial charge on any atom is 0.230 e. The molecule has 6 heteroatoms. The summed E-state index contributed by atoms with van der Waals surface area (Å²) in [5.41, 5.74) is 1.05. The number of anilines is 1. The predicted octanol–water partition coefficient (Wildman–Crippen LogP) is 2.39. The Bertz CT molecular complexity index is 573. The zero-order valence-corrected chi connectivity index (χ0v) is 12.6. The summed E-state index contributed by atoms with van der Waals surface area (Å²) in [6, 6.07) is 5.95. The number of piperidine rings is 1. The Morgan fingerprint density at radius 3 is 3.10 bits per heavy atom. The van der Waals surface area contributed by atoms with Crippen molar-refractivity contribution < 1.29 is 4.79 Å². The van der Waals surface area contributed by atoms with Gasteiger partial charge in [-0.05, 0) is 31.5 Å².